The number of nitrogens with one attached hydrogen (secondary N) is 2. The van der Waals surface area contributed by atoms with Crippen LogP contribution >= 0.6 is 12.4 Å². The minimum absolute atomic E-state index is 0. The Kier molecular flexibility index (Phi) is 5.50. The molecule has 1 aliphatic heterocycles. The zero-order valence-electron chi connectivity index (χ0n) is 9.71. The van der Waals surface area contributed by atoms with Crippen LogP contribution in [0.2, 0.25) is 0 Å². The van der Waals surface area contributed by atoms with E-state index in [1.807, 2.05) is 0 Å². The quantitative estimate of drug-likeness (QED) is 0.870. The first-order chi connectivity index (χ1) is 8.16. The van der Waals surface area contributed by atoms with Gasteiger partial charge in [0.2, 0.25) is 5.91 Å². The highest BCUT2D eigenvalue weighted by atomic mass is 35.5. The van der Waals surface area contributed by atoms with E-state index in [-0.39, 0.29) is 24.2 Å². The molecule has 0 aliphatic carbocycles. The number of amides is 1. The summed E-state index contributed by atoms with van der Waals surface area (Å²) in [4.78, 5) is 11.8. The molecule has 1 saturated heterocycles. The molecule has 6 heteroatoms. The van der Waals surface area contributed by atoms with Gasteiger partial charge in [-0.3, -0.25) is 4.79 Å². The fourth-order valence-electron chi connectivity index (χ4n) is 1.90. The van der Waals surface area contributed by atoms with Crippen LogP contribution in [0.3, 0.4) is 0 Å². The molecule has 1 aromatic carbocycles. The lowest BCUT2D eigenvalue weighted by atomic mass is 9.97. The molecule has 0 saturated carbocycles. The third kappa shape index (κ3) is 3.65. The van der Waals surface area contributed by atoms with Crippen molar-refractivity contribution < 1.29 is 13.6 Å². The van der Waals surface area contributed by atoms with Gasteiger partial charge in [0.1, 0.15) is 0 Å². The summed E-state index contributed by atoms with van der Waals surface area (Å²) in [5.41, 5.74) is 0.299. The predicted molar refractivity (Wildman–Crippen MR) is 67.8 cm³/mol. The van der Waals surface area contributed by atoms with Gasteiger partial charge in [-0.15, -0.1) is 12.4 Å². The van der Waals surface area contributed by atoms with Crippen molar-refractivity contribution in [1.29, 1.82) is 0 Å². The van der Waals surface area contributed by atoms with Crippen LogP contribution in [-0.4, -0.2) is 19.0 Å². The maximum Gasteiger partial charge on any atom is 0.227 e. The predicted octanol–water partition coefficient (Wildman–Crippen LogP) is 2.32. The number of hydrogen-bond acceptors (Lipinski definition) is 2. The third-order valence-electron chi connectivity index (χ3n) is 2.90. The molecule has 0 radical (unpaired) electrons. The molecule has 0 aromatic heterocycles. The molecule has 0 bridgehead atoms. The monoisotopic (exact) mass is 276 g/mol. The van der Waals surface area contributed by atoms with Crippen molar-refractivity contribution in [3.8, 4) is 0 Å². The molecule has 1 heterocycles. The lowest BCUT2D eigenvalue weighted by Gasteiger charge is -2.21. The van der Waals surface area contributed by atoms with Crippen LogP contribution in [0.4, 0.5) is 14.5 Å². The van der Waals surface area contributed by atoms with Crippen molar-refractivity contribution in [3.05, 3.63) is 29.8 Å². The number of piperidine rings is 1. The fourth-order valence-corrected chi connectivity index (χ4v) is 1.90. The van der Waals surface area contributed by atoms with Gasteiger partial charge >= 0.3 is 0 Å². The van der Waals surface area contributed by atoms with Gasteiger partial charge in [-0.05, 0) is 38.1 Å². The summed E-state index contributed by atoms with van der Waals surface area (Å²) in [6, 6.07) is 3.36. The highest BCUT2D eigenvalue weighted by Crippen LogP contribution is 2.17. The molecule has 1 amide bonds. The summed E-state index contributed by atoms with van der Waals surface area (Å²) < 4.78 is 25.6. The van der Waals surface area contributed by atoms with Crippen LogP contribution in [-0.2, 0) is 4.79 Å². The molecule has 1 aromatic rings. The van der Waals surface area contributed by atoms with Crippen LogP contribution in [0.15, 0.2) is 18.2 Å². The number of benzene rings is 1. The maximum atomic E-state index is 12.9. The normalized spacial score (nSPS) is 15.9. The average molecular weight is 277 g/mol. The maximum absolute atomic E-state index is 12.9. The first-order valence-corrected chi connectivity index (χ1v) is 5.63. The van der Waals surface area contributed by atoms with Gasteiger partial charge in [-0.2, -0.15) is 0 Å². The van der Waals surface area contributed by atoms with E-state index >= 15 is 0 Å². The minimum atomic E-state index is -0.951. The number of carbonyl (C=O) groups is 1. The smallest absolute Gasteiger partial charge is 0.227 e. The Morgan fingerprint density at radius 2 is 1.89 bits per heavy atom. The van der Waals surface area contributed by atoms with Crippen molar-refractivity contribution in [2.45, 2.75) is 12.8 Å². The standard InChI is InChI=1S/C12H14F2N2O.ClH/c13-10-2-1-9(7-11(10)14)16-12(17)8-3-5-15-6-4-8;/h1-2,7-8,15H,3-6H2,(H,16,17);1H. The Morgan fingerprint density at radius 1 is 1.22 bits per heavy atom. The second kappa shape index (κ2) is 6.66. The van der Waals surface area contributed by atoms with Gasteiger partial charge in [0, 0.05) is 17.7 Å². The SMILES string of the molecule is Cl.O=C(Nc1ccc(F)c(F)c1)C1CCNCC1. The van der Waals surface area contributed by atoms with Crippen LogP contribution < -0.4 is 10.6 Å². The van der Waals surface area contributed by atoms with E-state index in [2.05, 4.69) is 10.6 Å². The van der Waals surface area contributed by atoms with Crippen LogP contribution in [0.5, 0.6) is 0 Å². The van der Waals surface area contributed by atoms with Gasteiger partial charge in [0.05, 0.1) is 0 Å². The molecular formula is C12H15ClF2N2O. The van der Waals surface area contributed by atoms with Gasteiger partial charge in [-0.1, -0.05) is 0 Å². The van der Waals surface area contributed by atoms with Crippen molar-refractivity contribution in [1.82, 2.24) is 5.32 Å². The lowest BCUT2D eigenvalue weighted by molar-refractivity contribution is -0.120. The zero-order chi connectivity index (χ0) is 12.3. The minimum Gasteiger partial charge on any atom is -0.326 e. The largest absolute Gasteiger partial charge is 0.326 e. The number of anilines is 1. The van der Waals surface area contributed by atoms with E-state index in [1.54, 1.807) is 0 Å². The first-order valence-electron chi connectivity index (χ1n) is 5.63. The van der Waals surface area contributed by atoms with E-state index in [0.717, 1.165) is 38.1 Å². The Bertz CT molecular complexity index is 423. The van der Waals surface area contributed by atoms with E-state index in [4.69, 9.17) is 0 Å². The van der Waals surface area contributed by atoms with E-state index in [9.17, 15) is 13.6 Å². The lowest BCUT2D eigenvalue weighted by Crippen LogP contribution is -2.34. The summed E-state index contributed by atoms with van der Waals surface area (Å²) in [5, 5.41) is 5.77. The van der Waals surface area contributed by atoms with Gasteiger partial charge < -0.3 is 10.6 Å². The molecule has 18 heavy (non-hydrogen) atoms. The Balaban J connectivity index is 0.00000162. The van der Waals surface area contributed by atoms with Crippen LogP contribution in [0, 0.1) is 17.6 Å². The Labute approximate surface area is 110 Å². The number of carbonyl (C=O) groups excluding carboxylic acids is 1. The molecular weight excluding hydrogens is 262 g/mol. The summed E-state index contributed by atoms with van der Waals surface area (Å²) in [5.74, 6) is -2.04. The second-order valence-corrected chi connectivity index (χ2v) is 4.14. The molecule has 0 spiro atoms. The molecule has 2 N–H and O–H groups in total. The molecule has 3 nitrogen and oxygen atoms in total. The Morgan fingerprint density at radius 3 is 2.50 bits per heavy atom. The van der Waals surface area contributed by atoms with Crippen LogP contribution in [0.1, 0.15) is 12.8 Å². The molecule has 0 atom stereocenters. The van der Waals surface area contributed by atoms with Gasteiger partial charge in [-0.25, -0.2) is 8.78 Å². The highest BCUT2D eigenvalue weighted by molar-refractivity contribution is 5.92. The highest BCUT2D eigenvalue weighted by Gasteiger charge is 2.21. The molecule has 1 fully saturated rings. The summed E-state index contributed by atoms with van der Waals surface area (Å²) in [6.45, 7) is 1.63. The van der Waals surface area contributed by atoms with Gasteiger partial charge in [0.15, 0.2) is 11.6 Å². The van der Waals surface area contributed by atoms with Crippen molar-refractivity contribution >= 4 is 24.0 Å². The topological polar surface area (TPSA) is 41.1 Å². The number of rotatable bonds is 2. The summed E-state index contributed by atoms with van der Waals surface area (Å²) in [7, 11) is 0. The van der Waals surface area contributed by atoms with Gasteiger partial charge in [0.25, 0.3) is 0 Å². The number of hydrogen-bond donors (Lipinski definition) is 2. The second-order valence-electron chi connectivity index (χ2n) is 4.14. The van der Waals surface area contributed by atoms with E-state index < -0.39 is 11.6 Å². The first kappa shape index (κ1) is 14.9. The van der Waals surface area contributed by atoms with Crippen molar-refractivity contribution in [3.63, 3.8) is 0 Å². The summed E-state index contributed by atoms with van der Waals surface area (Å²) in [6.07, 6.45) is 1.55. The molecule has 100 valence electrons. The van der Waals surface area contributed by atoms with E-state index in [0.29, 0.717) is 5.69 Å². The van der Waals surface area contributed by atoms with Crippen molar-refractivity contribution in [2.75, 3.05) is 18.4 Å². The molecule has 0 unspecified atom stereocenters. The van der Waals surface area contributed by atoms with Crippen LogP contribution in [0.25, 0.3) is 0 Å². The van der Waals surface area contributed by atoms with Crippen molar-refractivity contribution in [2.24, 2.45) is 5.92 Å². The molecule has 2 rings (SSSR count). The average Bonchev–Trinajstić information content (AvgIpc) is 2.35. The zero-order valence-corrected chi connectivity index (χ0v) is 10.5. The number of halogens is 3. The summed E-state index contributed by atoms with van der Waals surface area (Å²) >= 11 is 0. The van der Waals surface area contributed by atoms with E-state index in [1.165, 1.54) is 6.07 Å². The Hall–Kier alpha value is -1.20. The fraction of sp³-hybridized carbons (Fsp3) is 0.417. The molecule has 1 aliphatic rings. The third-order valence-corrected chi connectivity index (χ3v) is 2.90.